The van der Waals surface area contributed by atoms with Crippen molar-refractivity contribution in [3.05, 3.63) is 143 Å². The molecular weight excluding hydrogens is 938 g/mol. The molecule has 2 aliphatic rings. The van der Waals surface area contributed by atoms with E-state index >= 15 is 0 Å². The Kier molecular flexibility index (Phi) is 13.9. The molecular formula is C58H52N4O4Si2Zn. The van der Waals surface area contributed by atoms with Gasteiger partial charge in [-0.1, -0.05) is 99.7 Å². The molecule has 9 rings (SSSR count). The number of fused-ring (bicyclic) bond motifs is 8. The maximum Gasteiger partial charge on any atom is 2.00 e. The van der Waals surface area contributed by atoms with E-state index in [0.29, 0.717) is 34.4 Å². The molecule has 0 N–H and O–H groups in total. The monoisotopic (exact) mass is 988 g/mol. The van der Waals surface area contributed by atoms with Crippen LogP contribution in [0.15, 0.2) is 109 Å². The Bertz CT molecular complexity index is 3210. The van der Waals surface area contributed by atoms with Gasteiger partial charge in [0, 0.05) is 23.3 Å². The van der Waals surface area contributed by atoms with Crippen molar-refractivity contribution in [2.75, 3.05) is 28.4 Å². The normalized spacial score (nSPS) is 11.7. The average Bonchev–Trinajstić information content (AvgIpc) is 4.19. The van der Waals surface area contributed by atoms with Crippen LogP contribution in [0.1, 0.15) is 33.9 Å². The van der Waals surface area contributed by atoms with E-state index in [-0.39, 0.29) is 19.5 Å². The second-order valence-electron chi connectivity index (χ2n) is 18.7. The molecule has 338 valence electrons. The fourth-order valence-corrected chi connectivity index (χ4v) is 9.17. The minimum absolute atomic E-state index is 0. The quantitative estimate of drug-likeness (QED) is 0.110. The van der Waals surface area contributed by atoms with Crippen LogP contribution in [0.4, 0.5) is 0 Å². The number of methoxy groups -OCH3 is 4. The third-order valence-corrected chi connectivity index (χ3v) is 13.2. The summed E-state index contributed by atoms with van der Waals surface area (Å²) >= 11 is 0. The molecule has 5 heterocycles. The van der Waals surface area contributed by atoms with Gasteiger partial charge in [-0.15, -0.1) is 33.2 Å². The molecule has 3 aromatic heterocycles. The van der Waals surface area contributed by atoms with Crippen LogP contribution in [-0.2, 0) is 19.5 Å². The second-order valence-corrected chi connectivity index (χ2v) is 28.2. The first-order valence-corrected chi connectivity index (χ1v) is 29.5. The first-order valence-electron chi connectivity index (χ1n) is 22.5. The fourth-order valence-electron chi connectivity index (χ4n) is 8.13. The van der Waals surface area contributed by atoms with Crippen LogP contribution < -0.4 is 28.9 Å². The molecule has 11 heteroatoms. The van der Waals surface area contributed by atoms with Gasteiger partial charge in [0.05, 0.1) is 51.2 Å². The van der Waals surface area contributed by atoms with Gasteiger partial charge in [0.2, 0.25) is 0 Å². The SMILES string of the molecule is COc1cc(OC)cc(-c2c3nc(c(-c4cc(OC)cc(OC)c4)c4ccc([n-]4)c(-c4ccc(C#C[Si](C)(C)C)cc4)c4nc(c(-c5ccc(C#C[Si](C)(C)C)cc5)c5ccc2[n-]5)C=C4)C=C3)c1.[Zn+2]. The Labute approximate surface area is 419 Å². The van der Waals surface area contributed by atoms with Crippen LogP contribution in [0.5, 0.6) is 23.0 Å². The van der Waals surface area contributed by atoms with E-state index in [1.165, 1.54) is 0 Å². The van der Waals surface area contributed by atoms with Crippen LogP contribution in [0, 0.1) is 22.9 Å². The molecule has 0 unspecified atom stereocenters. The van der Waals surface area contributed by atoms with Gasteiger partial charge < -0.3 is 28.9 Å². The zero-order valence-electron chi connectivity index (χ0n) is 40.8. The summed E-state index contributed by atoms with van der Waals surface area (Å²) in [6.07, 6.45) is 8.22. The van der Waals surface area contributed by atoms with Crippen molar-refractivity contribution < 1.29 is 38.4 Å². The van der Waals surface area contributed by atoms with Crippen molar-refractivity contribution in [1.82, 2.24) is 19.9 Å². The van der Waals surface area contributed by atoms with Gasteiger partial charge in [-0.2, -0.15) is 0 Å². The number of nitrogens with zero attached hydrogens (tertiary/aromatic N) is 4. The van der Waals surface area contributed by atoms with Gasteiger partial charge in [-0.25, -0.2) is 9.97 Å². The van der Waals surface area contributed by atoms with E-state index in [1.807, 2.05) is 60.7 Å². The maximum absolute atomic E-state index is 5.80. The van der Waals surface area contributed by atoms with E-state index in [0.717, 1.165) is 89.1 Å². The summed E-state index contributed by atoms with van der Waals surface area (Å²) in [6, 6.07) is 36.7. The minimum atomic E-state index is -1.59. The molecule has 4 aromatic carbocycles. The predicted molar refractivity (Wildman–Crippen MR) is 285 cm³/mol. The molecule has 0 saturated heterocycles. The summed E-state index contributed by atoms with van der Waals surface area (Å²) < 4.78 is 23.2. The summed E-state index contributed by atoms with van der Waals surface area (Å²) in [5.41, 5.74) is 21.8. The van der Waals surface area contributed by atoms with Gasteiger partial charge in [0.25, 0.3) is 0 Å². The van der Waals surface area contributed by atoms with Crippen molar-refractivity contribution >= 4 is 62.5 Å². The smallest absolute Gasteiger partial charge is 0.657 e. The molecule has 8 nitrogen and oxygen atoms in total. The van der Waals surface area contributed by atoms with Crippen molar-refractivity contribution in [3.8, 4) is 90.4 Å². The Morgan fingerprint density at radius 2 is 0.652 bits per heavy atom. The summed E-state index contributed by atoms with van der Waals surface area (Å²) in [4.78, 5) is 21.8. The minimum Gasteiger partial charge on any atom is -0.657 e. The standard InChI is InChI=1S/C58H52N4O4Si2.Zn/c1-63-43-31-41(32-44(35-43)64-2)57-51-23-21-49(60-51)55(39-15-11-37(12-16-39)27-29-67(5,6)7)47-19-20-48(59-47)56(40-17-13-38(14-18-40)28-30-68(8,9)10)50-22-24-52(61-50)58(54-26-25-53(57)62-54)42-33-45(65-3)36-46(34-42)66-4;/h11-26,31-36H,1-10H3;/q-2;+2. The summed E-state index contributed by atoms with van der Waals surface area (Å²) in [5, 5.41) is 0. The Balaban J connectivity index is 0.00000642. The molecule has 0 atom stereocenters. The molecule has 8 bridgehead atoms. The first-order chi connectivity index (χ1) is 32.7. The van der Waals surface area contributed by atoms with Crippen LogP contribution in [0.25, 0.3) is 90.9 Å². The van der Waals surface area contributed by atoms with Crippen molar-refractivity contribution in [1.29, 1.82) is 0 Å². The Morgan fingerprint density at radius 3 is 0.913 bits per heavy atom. The molecule has 0 radical (unpaired) electrons. The molecule has 69 heavy (non-hydrogen) atoms. The number of hydrogen-bond acceptors (Lipinski definition) is 6. The van der Waals surface area contributed by atoms with E-state index in [4.69, 9.17) is 38.9 Å². The number of ether oxygens (including phenoxy) is 4. The van der Waals surface area contributed by atoms with E-state index in [9.17, 15) is 0 Å². The third-order valence-electron chi connectivity index (χ3n) is 11.4. The fraction of sp³-hybridized carbons (Fsp3) is 0.172. The second kappa shape index (κ2) is 19.8. The van der Waals surface area contributed by atoms with Crippen LogP contribution in [0.2, 0.25) is 39.3 Å². The number of rotatable bonds is 8. The molecule has 0 amide bonds. The Morgan fingerprint density at radius 1 is 0.377 bits per heavy atom. The number of benzene rings is 4. The summed E-state index contributed by atoms with van der Waals surface area (Å²) in [7, 11) is 3.42. The van der Waals surface area contributed by atoms with Crippen LogP contribution in [-0.4, -0.2) is 54.6 Å². The molecule has 0 saturated carbocycles. The number of aromatic nitrogens is 4. The topological polar surface area (TPSA) is 90.9 Å². The third kappa shape index (κ3) is 10.6. The van der Waals surface area contributed by atoms with Crippen LogP contribution >= 0.6 is 0 Å². The van der Waals surface area contributed by atoms with Crippen molar-refractivity contribution in [3.63, 3.8) is 0 Å². The molecule has 2 aliphatic heterocycles. The van der Waals surface area contributed by atoms with Crippen molar-refractivity contribution in [2.24, 2.45) is 0 Å². The zero-order chi connectivity index (χ0) is 47.7. The van der Waals surface area contributed by atoms with Gasteiger partial charge >= 0.3 is 19.5 Å². The molecule has 0 fully saturated rings. The van der Waals surface area contributed by atoms with Crippen LogP contribution in [0.3, 0.4) is 0 Å². The summed E-state index contributed by atoms with van der Waals surface area (Å²) in [5.74, 6) is 9.39. The molecule has 7 aromatic rings. The zero-order valence-corrected chi connectivity index (χ0v) is 45.8. The van der Waals surface area contributed by atoms with Crippen molar-refractivity contribution in [2.45, 2.75) is 39.3 Å². The predicted octanol–water partition coefficient (Wildman–Crippen LogP) is 13.1. The number of hydrogen-bond donors (Lipinski definition) is 0. The molecule has 0 spiro atoms. The van der Waals surface area contributed by atoms with Gasteiger partial charge in [0.15, 0.2) is 0 Å². The van der Waals surface area contributed by atoms with Gasteiger partial charge in [-0.05, 0) is 117 Å². The first kappa shape index (κ1) is 48.3. The van der Waals surface area contributed by atoms with E-state index < -0.39 is 16.1 Å². The van der Waals surface area contributed by atoms with Gasteiger partial charge in [-0.3, -0.25) is 0 Å². The average molecular weight is 991 g/mol. The largest absolute Gasteiger partial charge is 2.00 e. The van der Waals surface area contributed by atoms with E-state index in [1.54, 1.807) is 28.4 Å². The summed E-state index contributed by atoms with van der Waals surface area (Å²) in [6.45, 7) is 13.5. The maximum atomic E-state index is 5.80. The van der Waals surface area contributed by atoms with E-state index in [2.05, 4.69) is 135 Å². The Hall–Kier alpha value is -7.14. The van der Waals surface area contributed by atoms with Gasteiger partial charge in [0.1, 0.15) is 39.1 Å². The molecule has 0 aliphatic carbocycles.